The van der Waals surface area contributed by atoms with Crippen LogP contribution in [0.3, 0.4) is 0 Å². The number of allylic oxidation sites excluding steroid dienone is 7. The molecule has 1 aliphatic rings. The van der Waals surface area contributed by atoms with Crippen LogP contribution in [0.4, 0.5) is 0 Å². The second-order valence-electron chi connectivity index (χ2n) is 7.31. The Labute approximate surface area is 196 Å². The van der Waals surface area contributed by atoms with Crippen LogP contribution in [0.2, 0.25) is 0 Å². The summed E-state index contributed by atoms with van der Waals surface area (Å²) in [4.78, 5) is 0. The first-order chi connectivity index (χ1) is 13.3. The van der Waals surface area contributed by atoms with E-state index in [0.29, 0.717) is 0 Å². The molecule has 1 unspecified atom stereocenters. The predicted octanol–water partition coefficient (Wildman–Crippen LogP) is 8.44. The van der Waals surface area contributed by atoms with Crippen molar-refractivity contribution in [1.82, 2.24) is 0 Å². The van der Waals surface area contributed by atoms with E-state index in [-0.39, 0.29) is 26.5 Å². The summed E-state index contributed by atoms with van der Waals surface area (Å²) in [6.07, 6.45) is 16.1. The van der Waals surface area contributed by atoms with Crippen LogP contribution in [0, 0.1) is 30.4 Å². The maximum absolute atomic E-state index is 3.94. The molecule has 0 N–H and O–H groups in total. The van der Waals surface area contributed by atoms with Gasteiger partial charge in [0.2, 0.25) is 0 Å². The summed E-state index contributed by atoms with van der Waals surface area (Å²) < 4.78 is 0. The van der Waals surface area contributed by atoms with Gasteiger partial charge in [-0.25, -0.2) is 11.6 Å². The van der Waals surface area contributed by atoms with Gasteiger partial charge in [0.1, 0.15) is 0 Å². The number of benzene rings is 1. The predicted molar refractivity (Wildman–Crippen MR) is 129 cm³/mol. The molecular weight excluding hydrogens is 520 g/mol. The Morgan fingerprint density at radius 3 is 1.97 bits per heavy atom. The standard InChI is InChI=1S/C19H20.C4H10.C3H6.C2H6.W/c1-5-8-9-18(6-2)19(7-3)13-16-11-10-15(4)12-17(16)14-19;1-4(2)3;1-3-2;1-2;/h5,8-12H,2-3,13-14H2,1,4H3;4H,1-3H3;3H,1H2,2H3;1-2H3;/q-2;;;;+2/b8-5-,18-9+;;;;. The Kier molecular flexibility index (Phi) is 20.7. The van der Waals surface area contributed by atoms with E-state index in [2.05, 4.69) is 83.9 Å². The average Bonchev–Trinajstić information content (AvgIpc) is 3.03. The number of hydrogen-bond acceptors (Lipinski definition) is 0. The summed E-state index contributed by atoms with van der Waals surface area (Å²) in [6, 6.07) is 6.66. The molecule has 1 aliphatic carbocycles. The summed E-state index contributed by atoms with van der Waals surface area (Å²) in [5.41, 5.74) is 5.01. The fourth-order valence-electron chi connectivity index (χ4n) is 2.80. The fourth-order valence-corrected chi connectivity index (χ4v) is 2.80. The quantitative estimate of drug-likeness (QED) is 0.196. The smallest absolute Gasteiger partial charge is 0.495 e. The molecule has 0 nitrogen and oxygen atoms in total. The van der Waals surface area contributed by atoms with E-state index in [4.69, 9.17) is 0 Å². The first-order valence-electron chi connectivity index (χ1n) is 10.4. The third kappa shape index (κ3) is 12.0. The molecule has 0 aliphatic heterocycles. The van der Waals surface area contributed by atoms with Crippen LogP contribution in [0.1, 0.15) is 65.2 Å². The normalized spacial score (nSPS) is 16.7. The van der Waals surface area contributed by atoms with Crippen LogP contribution in [0.15, 0.2) is 67.8 Å². The van der Waals surface area contributed by atoms with Crippen molar-refractivity contribution in [2.75, 3.05) is 0 Å². The van der Waals surface area contributed by atoms with Crippen molar-refractivity contribution in [3.8, 4) is 0 Å². The molecule has 0 saturated heterocycles. The van der Waals surface area contributed by atoms with Gasteiger partial charge in [0.05, 0.1) is 0 Å². The van der Waals surface area contributed by atoms with Gasteiger partial charge in [-0.15, -0.1) is 18.7 Å². The first-order valence-corrected chi connectivity index (χ1v) is 10.4. The van der Waals surface area contributed by atoms with Crippen molar-refractivity contribution in [1.29, 1.82) is 0 Å². The third-order valence-electron chi connectivity index (χ3n) is 3.85. The summed E-state index contributed by atoms with van der Waals surface area (Å²) in [5.74, 6) is 0.833. The molecule has 0 aromatic heterocycles. The van der Waals surface area contributed by atoms with Crippen molar-refractivity contribution in [2.45, 2.75) is 68.2 Å². The molecule has 0 heterocycles. The minimum absolute atomic E-state index is 0. The van der Waals surface area contributed by atoms with E-state index < -0.39 is 0 Å². The maximum Gasteiger partial charge on any atom is 2.00 e. The van der Waals surface area contributed by atoms with Crippen LogP contribution in [0.5, 0.6) is 0 Å². The molecule has 1 atom stereocenters. The van der Waals surface area contributed by atoms with Gasteiger partial charge >= 0.3 is 21.1 Å². The Bertz CT molecular complexity index is 644. The molecule has 0 fully saturated rings. The molecule has 1 aromatic rings. The van der Waals surface area contributed by atoms with Gasteiger partial charge in [0.15, 0.2) is 0 Å². The SMILES string of the molecule is C=CC.C=[C-]/C(=C\C=C/C)C1([C-]=C)Cc2ccc(C)cc2C1.CC.CC(C)C.[W+2]. The van der Waals surface area contributed by atoms with Gasteiger partial charge in [-0.1, -0.05) is 64.5 Å². The second-order valence-corrected chi connectivity index (χ2v) is 7.31. The third-order valence-corrected chi connectivity index (χ3v) is 3.85. The van der Waals surface area contributed by atoms with Gasteiger partial charge in [0, 0.05) is 0 Å². The van der Waals surface area contributed by atoms with E-state index in [1.54, 1.807) is 6.08 Å². The molecule has 160 valence electrons. The second kappa shape index (κ2) is 18.6. The summed E-state index contributed by atoms with van der Waals surface area (Å²) in [6.45, 7) is 27.7. The number of rotatable bonds is 4. The molecule has 0 amide bonds. The van der Waals surface area contributed by atoms with Crippen LogP contribution < -0.4 is 0 Å². The van der Waals surface area contributed by atoms with Crippen molar-refractivity contribution < 1.29 is 21.1 Å². The number of fused-ring (bicyclic) bond motifs is 1. The Morgan fingerprint density at radius 2 is 1.55 bits per heavy atom. The maximum atomic E-state index is 3.94. The zero-order valence-corrected chi connectivity index (χ0v) is 23.0. The monoisotopic (exact) mass is 562 g/mol. The average molecular weight is 562 g/mol. The molecule has 0 bridgehead atoms. The molecule has 1 aromatic carbocycles. The Hall–Kier alpha value is -1.39. The summed E-state index contributed by atoms with van der Waals surface area (Å²) >= 11 is 0. The molecule has 0 radical (unpaired) electrons. The first kappa shape index (κ1) is 32.3. The minimum atomic E-state index is -0.169. The van der Waals surface area contributed by atoms with Crippen LogP contribution in [-0.2, 0) is 33.9 Å². The summed E-state index contributed by atoms with van der Waals surface area (Å²) in [7, 11) is 0. The zero-order chi connectivity index (χ0) is 22.2. The van der Waals surface area contributed by atoms with Crippen molar-refractivity contribution in [3.63, 3.8) is 0 Å². The van der Waals surface area contributed by atoms with Crippen molar-refractivity contribution >= 4 is 0 Å². The summed E-state index contributed by atoms with van der Waals surface area (Å²) in [5, 5.41) is 0. The molecule has 29 heavy (non-hydrogen) atoms. The van der Waals surface area contributed by atoms with Gasteiger partial charge in [-0.05, 0) is 50.7 Å². The van der Waals surface area contributed by atoms with E-state index in [0.717, 1.165) is 24.3 Å². The van der Waals surface area contributed by atoms with Gasteiger partial charge in [0.25, 0.3) is 0 Å². The van der Waals surface area contributed by atoms with E-state index in [9.17, 15) is 0 Å². The fraction of sp³-hybridized carbons (Fsp3) is 0.429. The molecule has 0 spiro atoms. The van der Waals surface area contributed by atoms with Crippen LogP contribution >= 0.6 is 0 Å². The largest absolute Gasteiger partial charge is 2.00 e. The topological polar surface area (TPSA) is 0 Å². The van der Waals surface area contributed by atoms with Gasteiger partial charge in [-0.3, -0.25) is 12.7 Å². The van der Waals surface area contributed by atoms with Gasteiger partial charge < -0.3 is 6.08 Å². The van der Waals surface area contributed by atoms with Crippen LogP contribution in [-0.4, -0.2) is 0 Å². The molecular formula is C28H42W. The van der Waals surface area contributed by atoms with Crippen LogP contribution in [0.25, 0.3) is 0 Å². The molecule has 2 rings (SSSR count). The van der Waals surface area contributed by atoms with Gasteiger partial charge in [-0.2, -0.15) is 12.0 Å². The Balaban J connectivity index is -0.000000581. The molecule has 1 heteroatoms. The van der Waals surface area contributed by atoms with Crippen molar-refractivity contribution in [3.05, 3.63) is 96.7 Å². The van der Waals surface area contributed by atoms with E-state index >= 15 is 0 Å². The van der Waals surface area contributed by atoms with E-state index in [1.165, 1.54) is 16.7 Å². The molecule has 0 saturated carbocycles. The Morgan fingerprint density at radius 1 is 1.07 bits per heavy atom. The van der Waals surface area contributed by atoms with Crippen molar-refractivity contribution in [2.24, 2.45) is 11.3 Å². The minimum Gasteiger partial charge on any atom is -0.495 e. The number of aryl methyl sites for hydroxylation is 1. The number of hydrogen-bond donors (Lipinski definition) is 0. The zero-order valence-electron chi connectivity index (χ0n) is 20.1. The van der Waals surface area contributed by atoms with E-state index in [1.807, 2.05) is 39.8 Å².